The average molecular weight is 674 g/mol. The Morgan fingerprint density at radius 2 is 1.76 bits per heavy atom. The summed E-state index contributed by atoms with van der Waals surface area (Å²) in [6, 6.07) is 0.120. The predicted octanol–water partition coefficient (Wildman–Crippen LogP) is 6.25. The van der Waals surface area contributed by atoms with Crippen molar-refractivity contribution in [3.05, 3.63) is 33.8 Å². The number of benzene rings is 1. The zero-order valence-electron chi connectivity index (χ0n) is 23.4. The molecular formula is C25H29Cl2F3N4O6S2. The highest BCUT2D eigenvalue weighted by Gasteiger charge is 2.41. The van der Waals surface area contributed by atoms with Crippen molar-refractivity contribution in [3.8, 4) is 21.3 Å². The second kappa shape index (κ2) is 12.7. The van der Waals surface area contributed by atoms with Gasteiger partial charge in [-0.05, 0) is 40.2 Å². The average Bonchev–Trinajstić information content (AvgIpc) is 3.49. The molecule has 0 spiro atoms. The number of rotatable bonds is 13. The Bertz CT molecular complexity index is 1540. The Kier molecular flexibility index (Phi) is 10.4. The van der Waals surface area contributed by atoms with Crippen LogP contribution in [0.1, 0.15) is 52.6 Å². The van der Waals surface area contributed by atoms with E-state index in [9.17, 15) is 26.4 Å². The molecule has 0 amide bonds. The van der Waals surface area contributed by atoms with Gasteiger partial charge in [0.2, 0.25) is 15.9 Å². The lowest BCUT2D eigenvalue weighted by Gasteiger charge is -2.22. The van der Waals surface area contributed by atoms with Crippen molar-refractivity contribution in [2.75, 3.05) is 7.11 Å². The highest BCUT2D eigenvalue weighted by Crippen LogP contribution is 2.44. The number of halogens is 5. The molecule has 0 saturated carbocycles. The van der Waals surface area contributed by atoms with E-state index in [-0.39, 0.29) is 35.2 Å². The van der Waals surface area contributed by atoms with Crippen LogP contribution in [0.2, 0.25) is 10.0 Å². The van der Waals surface area contributed by atoms with Gasteiger partial charge in [0.05, 0.1) is 32.6 Å². The number of thiazole rings is 1. The quantitative estimate of drug-likeness (QED) is 0.209. The van der Waals surface area contributed by atoms with Gasteiger partial charge in [0.25, 0.3) is 12.4 Å². The van der Waals surface area contributed by atoms with Crippen LogP contribution in [0.25, 0.3) is 21.3 Å². The third-order valence-corrected chi connectivity index (χ3v) is 9.75. The minimum Gasteiger partial charge on any atom is -0.461 e. The molecule has 3 aromatic rings. The third kappa shape index (κ3) is 7.99. The fraction of sp³-hybridized carbons (Fsp3) is 0.520. The molecule has 0 saturated heterocycles. The molecule has 10 nitrogen and oxygen atoms in total. The van der Waals surface area contributed by atoms with Gasteiger partial charge in [-0.3, -0.25) is 4.79 Å². The van der Waals surface area contributed by atoms with Crippen LogP contribution in [-0.2, 0) is 37.1 Å². The van der Waals surface area contributed by atoms with E-state index in [1.165, 1.54) is 20.1 Å². The van der Waals surface area contributed by atoms with Crippen LogP contribution in [0.15, 0.2) is 21.4 Å². The van der Waals surface area contributed by atoms with Crippen molar-refractivity contribution < 1.29 is 40.3 Å². The van der Waals surface area contributed by atoms with Gasteiger partial charge in [-0.2, -0.15) is 17.9 Å². The minimum absolute atomic E-state index is 0.0722. The number of nitrogens with one attached hydrogen (secondary N) is 1. The molecule has 1 N–H and O–H groups in total. The first-order valence-electron chi connectivity index (χ1n) is 12.4. The van der Waals surface area contributed by atoms with Crippen molar-refractivity contribution in [1.82, 2.24) is 19.9 Å². The zero-order valence-corrected chi connectivity index (χ0v) is 26.6. The van der Waals surface area contributed by atoms with Gasteiger partial charge in [0, 0.05) is 19.1 Å². The topological polar surface area (TPSA) is 134 Å². The van der Waals surface area contributed by atoms with Gasteiger partial charge in [-0.1, -0.05) is 36.2 Å². The van der Waals surface area contributed by atoms with E-state index < -0.39 is 49.8 Å². The normalized spacial score (nSPS) is 13.8. The number of methoxy groups -OCH3 is 1. The van der Waals surface area contributed by atoms with Gasteiger partial charge in [0.1, 0.15) is 16.5 Å². The van der Waals surface area contributed by atoms with Crippen molar-refractivity contribution >= 4 is 51.0 Å². The molecule has 1 atom stereocenters. The lowest BCUT2D eigenvalue weighted by atomic mass is 10.00. The maximum absolute atomic E-state index is 13.3. The molecule has 2 aromatic heterocycles. The van der Waals surface area contributed by atoms with E-state index in [0.29, 0.717) is 22.1 Å². The second-order valence-electron chi connectivity index (χ2n) is 10.4. The molecule has 232 valence electrons. The number of aromatic nitrogens is 3. The first-order valence-corrected chi connectivity index (χ1v) is 15.5. The molecule has 1 unspecified atom stereocenters. The van der Waals surface area contributed by atoms with Crippen LogP contribution in [0.4, 0.5) is 13.2 Å². The fourth-order valence-electron chi connectivity index (χ4n) is 3.74. The molecule has 2 heterocycles. The number of alkyl halides is 3. The molecule has 0 fully saturated rings. The first-order chi connectivity index (χ1) is 19.3. The highest BCUT2D eigenvalue weighted by molar-refractivity contribution is 7.89. The molecule has 1 aromatic carbocycles. The Hall–Kier alpha value is -2.30. The number of sulfonamides is 1. The second-order valence-corrected chi connectivity index (χ2v) is 13.9. The molecule has 42 heavy (non-hydrogen) atoms. The number of carbonyl (C=O) groups is 1. The van der Waals surface area contributed by atoms with Gasteiger partial charge in [0.15, 0.2) is 5.01 Å². The van der Waals surface area contributed by atoms with Crippen molar-refractivity contribution in [2.45, 2.75) is 82.2 Å². The van der Waals surface area contributed by atoms with E-state index >= 15 is 0 Å². The van der Waals surface area contributed by atoms with Crippen LogP contribution < -0.4 is 4.72 Å². The smallest absolute Gasteiger partial charge is 0.404 e. The largest absolute Gasteiger partial charge is 0.461 e. The lowest BCUT2D eigenvalue weighted by Crippen LogP contribution is -2.44. The first kappa shape index (κ1) is 34.2. The SMILES string of the molecule is CCC(NS(=O)(=O)c1ccc(-c2sc(-c3nnc(CC(C)(C)OC=O)o3)nc2CC(C)(C)OC)c(Cl)c1Cl)C(F)(F)F. The lowest BCUT2D eigenvalue weighted by molar-refractivity contribution is -0.151. The molecule has 0 aliphatic rings. The number of hydrogen-bond donors (Lipinski definition) is 1. The summed E-state index contributed by atoms with van der Waals surface area (Å²) in [6.07, 6.45) is -4.91. The summed E-state index contributed by atoms with van der Waals surface area (Å²) in [5.41, 5.74) is -0.812. The maximum Gasteiger partial charge on any atom is 0.404 e. The van der Waals surface area contributed by atoms with Crippen molar-refractivity contribution in [1.29, 1.82) is 0 Å². The zero-order chi connectivity index (χ0) is 31.7. The molecule has 0 bridgehead atoms. The third-order valence-electron chi connectivity index (χ3n) is 6.12. The van der Waals surface area contributed by atoms with Crippen LogP contribution in [0, 0.1) is 0 Å². The van der Waals surface area contributed by atoms with Gasteiger partial charge in [-0.25, -0.2) is 13.4 Å². The molecule has 0 radical (unpaired) electrons. The van der Waals surface area contributed by atoms with Gasteiger partial charge in [-0.15, -0.1) is 21.5 Å². The number of nitrogens with zero attached hydrogens (tertiary/aromatic N) is 3. The van der Waals surface area contributed by atoms with Crippen molar-refractivity contribution in [3.63, 3.8) is 0 Å². The van der Waals surface area contributed by atoms with Crippen LogP contribution in [-0.4, -0.2) is 60.6 Å². The summed E-state index contributed by atoms with van der Waals surface area (Å²) in [6.45, 7) is 8.54. The van der Waals surface area contributed by atoms with E-state index in [2.05, 4.69) is 15.2 Å². The summed E-state index contributed by atoms with van der Waals surface area (Å²) in [5, 5.41) is 7.71. The van der Waals surface area contributed by atoms with E-state index in [1.54, 1.807) is 18.6 Å². The Labute approximate surface area is 255 Å². The van der Waals surface area contributed by atoms with Crippen LogP contribution in [0.5, 0.6) is 0 Å². The summed E-state index contributed by atoms with van der Waals surface area (Å²) in [5.74, 6) is 0.266. The number of hydrogen-bond acceptors (Lipinski definition) is 10. The van der Waals surface area contributed by atoms with Crippen LogP contribution in [0.3, 0.4) is 0 Å². The van der Waals surface area contributed by atoms with Gasteiger partial charge < -0.3 is 13.9 Å². The van der Waals surface area contributed by atoms with Crippen LogP contribution >= 0.6 is 34.5 Å². The molecular weight excluding hydrogens is 644 g/mol. The monoisotopic (exact) mass is 672 g/mol. The maximum atomic E-state index is 13.3. The van der Waals surface area contributed by atoms with E-state index in [4.69, 9.17) is 37.1 Å². The standard InChI is InChI=1S/C25H29Cl2F3N4O6S2/c1-7-16(25(28,29)30)34-42(36,37)15-9-8-13(18(26)19(15)27)20-14(10-23(2,3)38-6)31-22(41-20)21-33-32-17(40-21)11-24(4,5)39-12-35/h8-9,12,16,34H,7,10-11H2,1-6H3. The summed E-state index contributed by atoms with van der Waals surface area (Å²) in [4.78, 5) is 15.3. The minimum atomic E-state index is -4.80. The fourth-order valence-corrected chi connectivity index (χ4v) is 7.01. The predicted molar refractivity (Wildman–Crippen MR) is 151 cm³/mol. The Morgan fingerprint density at radius 3 is 2.33 bits per heavy atom. The van der Waals surface area contributed by atoms with E-state index in [0.717, 1.165) is 17.4 Å². The Balaban J connectivity index is 2.08. The Morgan fingerprint density at radius 1 is 1.10 bits per heavy atom. The molecule has 17 heteroatoms. The number of ether oxygens (including phenoxy) is 2. The van der Waals surface area contributed by atoms with E-state index in [1.807, 2.05) is 13.8 Å². The molecule has 0 aliphatic carbocycles. The van der Waals surface area contributed by atoms with Crippen molar-refractivity contribution in [2.24, 2.45) is 0 Å². The highest BCUT2D eigenvalue weighted by atomic mass is 35.5. The summed E-state index contributed by atoms with van der Waals surface area (Å²) < 4.78 is 83.5. The summed E-state index contributed by atoms with van der Waals surface area (Å²) >= 11 is 14.0. The molecule has 0 aliphatic heterocycles. The summed E-state index contributed by atoms with van der Waals surface area (Å²) in [7, 11) is -3.16. The van der Waals surface area contributed by atoms with Gasteiger partial charge >= 0.3 is 6.18 Å². The number of carbonyl (C=O) groups excluding carboxylic acids is 1. The molecule has 3 rings (SSSR count).